The van der Waals surface area contributed by atoms with Crippen LogP contribution in [0, 0.1) is 5.41 Å². The minimum Gasteiger partial charge on any atom is -0.481 e. The lowest BCUT2D eigenvalue weighted by Gasteiger charge is -2.27. The van der Waals surface area contributed by atoms with Gasteiger partial charge in [-0.2, -0.15) is 0 Å². The van der Waals surface area contributed by atoms with Crippen LogP contribution in [0.1, 0.15) is 26.7 Å². The molecule has 0 rings (SSSR count). The molecule has 8 nitrogen and oxygen atoms in total. The van der Waals surface area contributed by atoms with Crippen molar-refractivity contribution in [3.8, 4) is 0 Å². The van der Waals surface area contributed by atoms with Gasteiger partial charge in [0.2, 0.25) is 0 Å². The molecule has 0 amide bonds. The van der Waals surface area contributed by atoms with Gasteiger partial charge in [0.1, 0.15) is 5.41 Å². The highest BCUT2D eigenvalue weighted by atomic mass is 16.5. The van der Waals surface area contributed by atoms with Crippen molar-refractivity contribution in [2.75, 3.05) is 13.2 Å². The molecule has 118 valence electrons. The number of carbonyl (C=O) groups is 4. The molecule has 0 spiro atoms. The number of esters is 2. The highest BCUT2D eigenvalue weighted by Crippen LogP contribution is 2.36. The number of rotatable bonds is 9. The van der Waals surface area contributed by atoms with Crippen molar-refractivity contribution in [3.63, 3.8) is 0 Å². The van der Waals surface area contributed by atoms with Crippen molar-refractivity contribution in [1.29, 1.82) is 0 Å². The van der Waals surface area contributed by atoms with Gasteiger partial charge in [0.05, 0.1) is 26.1 Å². The van der Waals surface area contributed by atoms with Crippen LogP contribution in [0.5, 0.6) is 0 Å². The first-order valence-electron chi connectivity index (χ1n) is 6.18. The fourth-order valence-electron chi connectivity index (χ4n) is 1.68. The van der Waals surface area contributed by atoms with Gasteiger partial charge in [-0.25, -0.2) is 4.79 Å². The smallest absolute Gasteiger partial charge is 0.332 e. The van der Waals surface area contributed by atoms with Crippen molar-refractivity contribution < 1.29 is 38.9 Å². The third-order valence-corrected chi connectivity index (χ3v) is 2.75. The van der Waals surface area contributed by atoms with E-state index in [1.165, 1.54) is 13.8 Å². The Kier molecular flexibility index (Phi) is 7.12. The molecule has 0 aromatic rings. The van der Waals surface area contributed by atoms with Crippen molar-refractivity contribution in [3.05, 3.63) is 12.2 Å². The molecule has 0 aliphatic rings. The molecule has 0 aliphatic heterocycles. The Labute approximate surface area is 121 Å². The molecule has 0 unspecified atom stereocenters. The molecule has 0 aromatic carbocycles. The zero-order valence-corrected chi connectivity index (χ0v) is 11.9. The fourth-order valence-corrected chi connectivity index (χ4v) is 1.68. The van der Waals surface area contributed by atoms with Crippen LogP contribution in [0.4, 0.5) is 0 Å². The number of carbonyl (C=O) groups excluding carboxylic acids is 2. The van der Waals surface area contributed by atoms with Crippen LogP contribution in [0.2, 0.25) is 0 Å². The summed E-state index contributed by atoms with van der Waals surface area (Å²) in [5.41, 5.74) is -3.08. The molecule has 0 radical (unpaired) electrons. The normalized spacial score (nSPS) is 10.6. The third kappa shape index (κ3) is 4.90. The maximum Gasteiger partial charge on any atom is 0.332 e. The van der Waals surface area contributed by atoms with Crippen LogP contribution >= 0.6 is 0 Å². The number of hydrogen-bond acceptors (Lipinski definition) is 6. The van der Waals surface area contributed by atoms with Crippen LogP contribution in [0.3, 0.4) is 0 Å². The minimum atomic E-state index is -2.30. The van der Waals surface area contributed by atoms with Gasteiger partial charge in [0.25, 0.3) is 0 Å². The molecular formula is C13H18O8. The minimum absolute atomic E-state index is 0.00646. The van der Waals surface area contributed by atoms with Gasteiger partial charge in [0, 0.05) is 5.57 Å². The standard InChI is InChI=1S/C13H18O8/c1-4-20-9(14)6-13(12(18)19,8(3)11(16)17)7-10(15)21-5-2/h3-7H2,1-2H3,(H,16,17)(H,18,19). The Bertz CT molecular complexity index is 431. The SMILES string of the molecule is C=C(C(=O)O)C(CC(=O)OCC)(CC(=O)OCC)C(=O)O. The summed E-state index contributed by atoms with van der Waals surface area (Å²) in [5.74, 6) is -5.15. The third-order valence-electron chi connectivity index (χ3n) is 2.75. The molecule has 0 atom stereocenters. The molecule has 2 N–H and O–H groups in total. The van der Waals surface area contributed by atoms with Gasteiger partial charge in [-0.15, -0.1) is 0 Å². The number of aliphatic carboxylic acids is 2. The summed E-state index contributed by atoms with van der Waals surface area (Å²) in [7, 11) is 0. The molecule has 0 aromatic heterocycles. The van der Waals surface area contributed by atoms with E-state index in [0.29, 0.717) is 0 Å². The summed E-state index contributed by atoms with van der Waals surface area (Å²) >= 11 is 0. The Hall–Kier alpha value is -2.38. The van der Waals surface area contributed by atoms with Gasteiger partial charge in [-0.3, -0.25) is 14.4 Å². The largest absolute Gasteiger partial charge is 0.481 e. The van der Waals surface area contributed by atoms with E-state index in [9.17, 15) is 24.3 Å². The molecule has 8 heteroatoms. The fraction of sp³-hybridized carbons (Fsp3) is 0.538. The van der Waals surface area contributed by atoms with Crippen LogP contribution in [0.25, 0.3) is 0 Å². The van der Waals surface area contributed by atoms with Crippen LogP contribution in [-0.4, -0.2) is 47.3 Å². The van der Waals surface area contributed by atoms with E-state index in [1.54, 1.807) is 0 Å². The lowest BCUT2D eigenvalue weighted by Crippen LogP contribution is -2.40. The Morgan fingerprint density at radius 2 is 1.33 bits per heavy atom. The summed E-state index contributed by atoms with van der Waals surface area (Å²) in [6, 6.07) is 0. The molecule has 0 saturated heterocycles. The number of hydrogen-bond donors (Lipinski definition) is 2. The van der Waals surface area contributed by atoms with Crippen LogP contribution < -0.4 is 0 Å². The molecule has 21 heavy (non-hydrogen) atoms. The molecule has 0 bridgehead atoms. The zero-order chi connectivity index (χ0) is 16.6. The van der Waals surface area contributed by atoms with Crippen molar-refractivity contribution in [2.24, 2.45) is 5.41 Å². The van der Waals surface area contributed by atoms with Crippen LogP contribution in [0.15, 0.2) is 12.2 Å². The molecular weight excluding hydrogens is 284 g/mol. The second kappa shape index (κ2) is 8.03. The number of carboxylic acid groups (broad SMARTS) is 2. The zero-order valence-electron chi connectivity index (χ0n) is 11.9. The summed E-state index contributed by atoms with van der Waals surface area (Å²) < 4.78 is 9.26. The van der Waals surface area contributed by atoms with Gasteiger partial charge >= 0.3 is 23.9 Å². The van der Waals surface area contributed by atoms with Crippen molar-refractivity contribution in [2.45, 2.75) is 26.7 Å². The highest BCUT2D eigenvalue weighted by molar-refractivity contribution is 6.00. The first kappa shape index (κ1) is 18.6. The average Bonchev–Trinajstić information content (AvgIpc) is 2.37. The lowest BCUT2D eigenvalue weighted by atomic mass is 9.75. The molecule has 0 fully saturated rings. The summed E-state index contributed by atoms with van der Waals surface area (Å²) in [4.78, 5) is 45.7. The van der Waals surface area contributed by atoms with E-state index in [4.69, 9.17) is 5.11 Å². The monoisotopic (exact) mass is 302 g/mol. The van der Waals surface area contributed by atoms with Gasteiger partial charge in [-0.1, -0.05) is 6.58 Å². The average molecular weight is 302 g/mol. The summed E-state index contributed by atoms with van der Waals surface area (Å²) in [6.07, 6.45) is -1.64. The Morgan fingerprint density at radius 1 is 0.952 bits per heavy atom. The van der Waals surface area contributed by atoms with Crippen molar-refractivity contribution in [1.82, 2.24) is 0 Å². The second-order valence-corrected chi connectivity index (χ2v) is 4.13. The molecule has 0 aliphatic carbocycles. The van der Waals surface area contributed by atoms with Crippen molar-refractivity contribution >= 4 is 23.9 Å². The van der Waals surface area contributed by atoms with Gasteiger partial charge in [0.15, 0.2) is 0 Å². The first-order chi connectivity index (χ1) is 9.71. The number of ether oxygens (including phenoxy) is 2. The molecule has 0 heterocycles. The van der Waals surface area contributed by atoms with E-state index in [2.05, 4.69) is 16.1 Å². The Balaban J connectivity index is 5.60. The van der Waals surface area contributed by atoms with Crippen LogP contribution in [-0.2, 0) is 28.7 Å². The van der Waals surface area contributed by atoms with E-state index in [0.717, 1.165) is 0 Å². The number of carboxylic acids is 2. The maximum atomic E-state index is 11.6. The predicted octanol–water partition coefficient (Wildman–Crippen LogP) is 0.605. The van der Waals surface area contributed by atoms with E-state index in [-0.39, 0.29) is 13.2 Å². The summed E-state index contributed by atoms with van der Waals surface area (Å²) in [5, 5.41) is 18.3. The van der Waals surface area contributed by atoms with E-state index in [1.807, 2.05) is 0 Å². The Morgan fingerprint density at radius 3 is 1.57 bits per heavy atom. The van der Waals surface area contributed by atoms with Gasteiger partial charge < -0.3 is 19.7 Å². The first-order valence-corrected chi connectivity index (χ1v) is 6.18. The summed E-state index contributed by atoms with van der Waals surface area (Å²) in [6.45, 7) is 6.19. The second-order valence-electron chi connectivity index (χ2n) is 4.13. The maximum absolute atomic E-state index is 11.6. The topological polar surface area (TPSA) is 127 Å². The highest BCUT2D eigenvalue weighted by Gasteiger charge is 2.48. The van der Waals surface area contributed by atoms with Gasteiger partial charge in [-0.05, 0) is 13.8 Å². The van der Waals surface area contributed by atoms with E-state index >= 15 is 0 Å². The predicted molar refractivity (Wildman–Crippen MR) is 69.3 cm³/mol. The quantitative estimate of drug-likeness (QED) is 0.468. The lowest BCUT2D eigenvalue weighted by molar-refractivity contribution is -0.162. The molecule has 0 saturated carbocycles. The van der Waals surface area contributed by atoms with E-state index < -0.39 is 47.7 Å².